The van der Waals surface area contributed by atoms with Crippen LogP contribution in [-0.2, 0) is 13.6 Å². The number of hydrogen-bond acceptors (Lipinski definition) is 7. The molecule has 0 amide bonds. The molecule has 9 nitrogen and oxygen atoms in total. The lowest BCUT2D eigenvalue weighted by Crippen LogP contribution is -2.46. The van der Waals surface area contributed by atoms with E-state index in [0.29, 0.717) is 6.54 Å². The molecule has 1 saturated heterocycles. The lowest BCUT2D eigenvalue weighted by atomic mass is 10.0. The number of anilines is 1. The number of aromatic nitrogens is 6. The monoisotopic (exact) mass is 515 g/mol. The first kappa shape index (κ1) is 24.5. The van der Waals surface area contributed by atoms with E-state index in [1.165, 1.54) is 0 Å². The summed E-state index contributed by atoms with van der Waals surface area (Å²) in [5.74, 6) is 7.49. The van der Waals surface area contributed by atoms with E-state index in [2.05, 4.69) is 66.7 Å². The second kappa shape index (κ2) is 10.9. The van der Waals surface area contributed by atoms with Gasteiger partial charge in [-0.15, -0.1) is 0 Å². The quantitative estimate of drug-likeness (QED) is 0.254. The highest BCUT2D eigenvalue weighted by Crippen LogP contribution is 2.32. The maximum absolute atomic E-state index is 4.87. The minimum Gasteiger partial charge on any atom is -0.354 e. The van der Waals surface area contributed by atoms with Crippen molar-refractivity contribution in [2.45, 2.75) is 6.54 Å². The van der Waals surface area contributed by atoms with Gasteiger partial charge in [-0.25, -0.2) is 9.50 Å². The first-order chi connectivity index (χ1) is 19.2. The number of aliphatic imine (C=N–C) groups is 1. The van der Waals surface area contributed by atoms with E-state index in [4.69, 9.17) is 4.98 Å². The highest BCUT2D eigenvalue weighted by molar-refractivity contribution is 5.86. The molecule has 1 aliphatic heterocycles. The van der Waals surface area contributed by atoms with Crippen molar-refractivity contribution in [1.29, 1.82) is 0 Å². The second-order valence-electron chi connectivity index (χ2n) is 9.60. The standard InChI is InChI=1S/C30H29N9/c1-31-17-26-19-35-39-22-25(27-20-34-36(2)21-27)16-28(30(26)39)24-5-6-29(33-18-24)38-14-12-37(13-15-38)11-3-4-23-7-9-32-10-8-23/h5-10,16,18-22H,1,11-15,17H2,2H3. The predicted molar refractivity (Wildman–Crippen MR) is 154 cm³/mol. The Balaban J connectivity index is 1.20. The minimum atomic E-state index is 0.505. The van der Waals surface area contributed by atoms with E-state index in [-0.39, 0.29) is 0 Å². The Morgan fingerprint density at radius 2 is 1.77 bits per heavy atom. The van der Waals surface area contributed by atoms with Crippen molar-refractivity contribution < 1.29 is 0 Å². The fraction of sp³-hybridized carbons (Fsp3) is 0.233. The third-order valence-electron chi connectivity index (χ3n) is 6.98. The van der Waals surface area contributed by atoms with Crippen molar-refractivity contribution in [1.82, 2.24) is 34.3 Å². The molecule has 1 aliphatic rings. The molecule has 5 aromatic heterocycles. The van der Waals surface area contributed by atoms with Crippen LogP contribution in [0, 0.1) is 11.8 Å². The molecule has 0 N–H and O–H groups in total. The first-order valence-corrected chi connectivity index (χ1v) is 12.9. The summed E-state index contributed by atoms with van der Waals surface area (Å²) in [5, 5.41) is 8.95. The molecule has 0 atom stereocenters. The van der Waals surface area contributed by atoms with Crippen LogP contribution in [-0.4, -0.2) is 73.7 Å². The first-order valence-electron chi connectivity index (χ1n) is 12.9. The van der Waals surface area contributed by atoms with Crippen molar-refractivity contribution in [2.75, 3.05) is 37.6 Å². The second-order valence-corrected chi connectivity index (χ2v) is 9.60. The Labute approximate surface area is 227 Å². The number of fused-ring (bicyclic) bond motifs is 1. The zero-order valence-corrected chi connectivity index (χ0v) is 21.9. The molecule has 6 heterocycles. The average Bonchev–Trinajstić information content (AvgIpc) is 3.60. The van der Waals surface area contributed by atoms with Crippen LogP contribution in [0.4, 0.5) is 5.82 Å². The summed E-state index contributed by atoms with van der Waals surface area (Å²) < 4.78 is 3.72. The zero-order chi connectivity index (χ0) is 26.6. The largest absolute Gasteiger partial charge is 0.354 e. The predicted octanol–water partition coefficient (Wildman–Crippen LogP) is 3.57. The van der Waals surface area contributed by atoms with E-state index in [9.17, 15) is 0 Å². The van der Waals surface area contributed by atoms with Gasteiger partial charge in [0.1, 0.15) is 5.82 Å². The molecular weight excluding hydrogens is 486 g/mol. The van der Waals surface area contributed by atoms with Gasteiger partial charge >= 0.3 is 0 Å². The molecule has 0 radical (unpaired) electrons. The van der Waals surface area contributed by atoms with Crippen LogP contribution in [0.25, 0.3) is 27.8 Å². The van der Waals surface area contributed by atoms with Gasteiger partial charge in [0.2, 0.25) is 0 Å². The van der Waals surface area contributed by atoms with Gasteiger partial charge in [-0.1, -0.05) is 11.8 Å². The molecule has 0 unspecified atom stereocenters. The highest BCUT2D eigenvalue weighted by atomic mass is 15.3. The van der Waals surface area contributed by atoms with Gasteiger partial charge in [0.15, 0.2) is 0 Å². The van der Waals surface area contributed by atoms with Crippen LogP contribution in [0.3, 0.4) is 0 Å². The molecule has 0 aromatic carbocycles. The third kappa shape index (κ3) is 5.28. The van der Waals surface area contributed by atoms with E-state index in [1.807, 2.05) is 54.7 Å². The minimum absolute atomic E-state index is 0.505. The van der Waals surface area contributed by atoms with Crippen LogP contribution < -0.4 is 4.90 Å². The van der Waals surface area contributed by atoms with Gasteiger partial charge < -0.3 is 4.90 Å². The zero-order valence-electron chi connectivity index (χ0n) is 21.9. The van der Waals surface area contributed by atoms with Crippen LogP contribution in [0.5, 0.6) is 0 Å². The normalized spacial score (nSPS) is 13.8. The lowest BCUT2D eigenvalue weighted by Gasteiger charge is -2.34. The van der Waals surface area contributed by atoms with Crippen molar-refractivity contribution in [2.24, 2.45) is 12.0 Å². The maximum Gasteiger partial charge on any atom is 0.128 e. The Hall–Kier alpha value is -4.81. The van der Waals surface area contributed by atoms with E-state index in [0.717, 1.165) is 77.4 Å². The van der Waals surface area contributed by atoms with Crippen LogP contribution in [0.15, 0.2) is 78.7 Å². The number of hydrogen-bond donors (Lipinski definition) is 0. The lowest BCUT2D eigenvalue weighted by molar-refractivity contribution is 0.287. The molecule has 0 saturated carbocycles. The number of piperazine rings is 1. The summed E-state index contributed by atoms with van der Waals surface area (Å²) in [7, 11) is 1.92. The van der Waals surface area contributed by atoms with Gasteiger partial charge in [0.25, 0.3) is 0 Å². The molecular formula is C30H29N9. The summed E-state index contributed by atoms with van der Waals surface area (Å²) in [6, 6.07) is 10.3. The Bertz CT molecular complexity index is 1650. The highest BCUT2D eigenvalue weighted by Gasteiger charge is 2.19. The summed E-state index contributed by atoms with van der Waals surface area (Å²) in [4.78, 5) is 17.7. The Kier molecular flexibility index (Phi) is 6.85. The summed E-state index contributed by atoms with van der Waals surface area (Å²) in [6.45, 7) is 8.70. The average molecular weight is 516 g/mol. The van der Waals surface area contributed by atoms with E-state index in [1.54, 1.807) is 17.1 Å². The van der Waals surface area contributed by atoms with Gasteiger partial charge in [0.05, 0.1) is 31.0 Å². The van der Waals surface area contributed by atoms with E-state index < -0.39 is 0 Å². The molecule has 194 valence electrons. The maximum atomic E-state index is 4.87. The van der Waals surface area contributed by atoms with Gasteiger partial charge in [-0.2, -0.15) is 10.2 Å². The van der Waals surface area contributed by atoms with Gasteiger partial charge in [-0.05, 0) is 37.0 Å². The van der Waals surface area contributed by atoms with E-state index >= 15 is 0 Å². The molecule has 5 aromatic rings. The van der Waals surface area contributed by atoms with Crippen LogP contribution in [0.1, 0.15) is 11.1 Å². The summed E-state index contributed by atoms with van der Waals surface area (Å²) >= 11 is 0. The number of rotatable bonds is 6. The fourth-order valence-electron chi connectivity index (χ4n) is 4.93. The van der Waals surface area contributed by atoms with Crippen molar-refractivity contribution >= 4 is 18.1 Å². The number of pyridine rings is 3. The molecule has 6 rings (SSSR count). The van der Waals surface area contributed by atoms with Gasteiger partial charge in [-0.3, -0.25) is 19.6 Å². The van der Waals surface area contributed by atoms with Gasteiger partial charge in [0, 0.05) is 97.6 Å². The van der Waals surface area contributed by atoms with Crippen molar-refractivity contribution in [3.63, 3.8) is 0 Å². The SMILES string of the molecule is C=NCc1cnn2cc(-c3cnn(C)c3)cc(-c3ccc(N4CCN(CC#Cc5ccncc5)CC4)nc3)c12. The van der Waals surface area contributed by atoms with Crippen molar-refractivity contribution in [3.8, 4) is 34.1 Å². The van der Waals surface area contributed by atoms with Crippen LogP contribution in [0.2, 0.25) is 0 Å². The smallest absolute Gasteiger partial charge is 0.128 e. The molecule has 0 spiro atoms. The third-order valence-corrected chi connectivity index (χ3v) is 6.98. The molecule has 0 bridgehead atoms. The Morgan fingerprint density at radius 1 is 0.923 bits per heavy atom. The fourth-order valence-corrected chi connectivity index (χ4v) is 4.93. The summed E-state index contributed by atoms with van der Waals surface area (Å²) in [6.07, 6.45) is 13.3. The van der Waals surface area contributed by atoms with Crippen LogP contribution >= 0.6 is 0 Å². The topological polar surface area (TPSA) is 79.7 Å². The molecule has 9 heteroatoms. The molecule has 1 fully saturated rings. The number of nitrogens with zero attached hydrogens (tertiary/aromatic N) is 9. The van der Waals surface area contributed by atoms with Crippen molar-refractivity contribution in [3.05, 3.63) is 84.8 Å². The molecule has 0 aliphatic carbocycles. The Morgan fingerprint density at radius 3 is 2.49 bits per heavy atom. The molecule has 39 heavy (non-hydrogen) atoms. The summed E-state index contributed by atoms with van der Waals surface area (Å²) in [5.41, 5.74) is 7.22. The number of aryl methyl sites for hydroxylation is 1.